The number of nitrogens with two attached hydrogens (primary N) is 1. The Morgan fingerprint density at radius 3 is 2.77 bits per heavy atom. The van der Waals surface area contributed by atoms with E-state index in [1.54, 1.807) is 6.07 Å². The first kappa shape index (κ1) is 20.9. The van der Waals surface area contributed by atoms with Gasteiger partial charge in [-0.2, -0.15) is 4.98 Å². The lowest BCUT2D eigenvalue weighted by molar-refractivity contribution is 0.103. The first-order chi connectivity index (χ1) is 15.1. The van der Waals surface area contributed by atoms with Crippen molar-refractivity contribution in [1.29, 1.82) is 0 Å². The Morgan fingerprint density at radius 1 is 1.26 bits per heavy atom. The minimum atomic E-state index is -0.171. The number of imidazole rings is 1. The maximum absolute atomic E-state index is 12.9. The van der Waals surface area contributed by atoms with Crippen LogP contribution in [-0.2, 0) is 6.42 Å². The molecule has 2 aromatic carbocycles. The fourth-order valence-corrected chi connectivity index (χ4v) is 3.82. The number of ether oxygens (including phenoxy) is 1. The van der Waals surface area contributed by atoms with Crippen molar-refractivity contribution in [3.8, 4) is 5.75 Å². The number of H-pyrrole nitrogens is 1. The highest BCUT2D eigenvalue weighted by atomic mass is 16.5. The number of ketones is 1. The number of anilines is 3. The van der Waals surface area contributed by atoms with Crippen molar-refractivity contribution in [3.05, 3.63) is 65.4 Å². The first-order valence-electron chi connectivity index (χ1n) is 10.8. The molecule has 162 valence electrons. The number of aryl methyl sites for hydroxylation is 1. The van der Waals surface area contributed by atoms with E-state index in [1.165, 1.54) is 0 Å². The molecule has 3 aromatic rings. The molecule has 4 rings (SSSR count). The number of nitrogens with one attached hydrogen (secondary N) is 2. The molecule has 0 spiro atoms. The third kappa shape index (κ3) is 4.88. The summed E-state index contributed by atoms with van der Waals surface area (Å²) < 4.78 is 6.08. The van der Waals surface area contributed by atoms with E-state index in [0.717, 1.165) is 49.5 Å². The molecule has 7 heteroatoms. The largest absolute Gasteiger partial charge is 0.489 e. The molecule has 0 saturated carbocycles. The average molecular weight is 420 g/mol. The van der Waals surface area contributed by atoms with E-state index in [4.69, 9.17) is 10.5 Å². The quantitative estimate of drug-likeness (QED) is 0.478. The van der Waals surface area contributed by atoms with Crippen LogP contribution in [0.25, 0.3) is 0 Å². The van der Waals surface area contributed by atoms with E-state index in [9.17, 15) is 4.79 Å². The third-order valence-corrected chi connectivity index (χ3v) is 5.65. The number of nitrogens with zero attached hydrogens (tertiary/aromatic N) is 2. The van der Waals surface area contributed by atoms with Crippen LogP contribution in [0.4, 0.5) is 17.5 Å². The number of rotatable bonds is 8. The zero-order valence-electron chi connectivity index (χ0n) is 18.0. The van der Waals surface area contributed by atoms with E-state index in [0.29, 0.717) is 11.5 Å². The maximum Gasteiger partial charge on any atom is 0.213 e. The van der Waals surface area contributed by atoms with Crippen molar-refractivity contribution < 1.29 is 9.53 Å². The molecule has 1 aromatic heterocycles. The third-order valence-electron chi connectivity index (χ3n) is 5.65. The number of hydrogen-bond acceptors (Lipinski definition) is 6. The fourth-order valence-electron chi connectivity index (χ4n) is 3.82. The number of benzene rings is 2. The number of nitrogen functional groups attached to an aromatic ring is 1. The Morgan fingerprint density at radius 2 is 2.06 bits per heavy atom. The molecule has 1 unspecified atom stereocenters. The summed E-state index contributed by atoms with van der Waals surface area (Å²) in [4.78, 5) is 22.5. The van der Waals surface area contributed by atoms with Gasteiger partial charge < -0.3 is 20.8 Å². The molecule has 0 amide bonds. The number of likely N-dealkylation sites (N-methyl/N-ethyl adjacent to an activating group) is 1. The highest BCUT2D eigenvalue weighted by molar-refractivity contribution is 6.10. The van der Waals surface area contributed by atoms with Gasteiger partial charge in [0.05, 0.1) is 0 Å². The van der Waals surface area contributed by atoms with E-state index in [-0.39, 0.29) is 23.4 Å². The summed E-state index contributed by atoms with van der Waals surface area (Å²) >= 11 is 0. The summed E-state index contributed by atoms with van der Waals surface area (Å²) in [5.41, 5.74) is 8.83. The lowest BCUT2D eigenvalue weighted by atomic mass is 10.0. The zero-order chi connectivity index (χ0) is 21.8. The minimum Gasteiger partial charge on any atom is -0.489 e. The van der Waals surface area contributed by atoms with Gasteiger partial charge in [0.25, 0.3) is 0 Å². The minimum absolute atomic E-state index is 0.171. The van der Waals surface area contributed by atoms with Crippen LogP contribution in [-0.4, -0.2) is 46.4 Å². The highest BCUT2D eigenvalue weighted by Crippen LogP contribution is 2.24. The predicted molar refractivity (Wildman–Crippen MR) is 123 cm³/mol. The van der Waals surface area contributed by atoms with Crippen LogP contribution in [0.2, 0.25) is 0 Å². The zero-order valence-corrected chi connectivity index (χ0v) is 18.0. The number of likely N-dealkylation sites (tertiary alicyclic amines) is 1. The molecule has 4 N–H and O–H groups in total. The van der Waals surface area contributed by atoms with Crippen LogP contribution in [0.3, 0.4) is 0 Å². The number of aromatic nitrogens is 2. The van der Waals surface area contributed by atoms with Crippen molar-refractivity contribution in [1.82, 2.24) is 14.9 Å². The van der Waals surface area contributed by atoms with Crippen molar-refractivity contribution >= 4 is 23.2 Å². The molecule has 1 aliphatic rings. The maximum atomic E-state index is 12.9. The molecular weight excluding hydrogens is 390 g/mol. The molecule has 1 atom stereocenters. The molecule has 7 nitrogen and oxygen atoms in total. The Balaban J connectivity index is 1.41. The molecule has 1 fully saturated rings. The summed E-state index contributed by atoms with van der Waals surface area (Å²) in [5, 5.41) is 3.17. The summed E-state index contributed by atoms with van der Waals surface area (Å²) in [5.74, 6) is 1.28. The van der Waals surface area contributed by atoms with Crippen molar-refractivity contribution in [2.75, 3.05) is 30.7 Å². The Bertz CT molecular complexity index is 1040. The predicted octanol–water partition coefficient (Wildman–Crippen LogP) is 4.00. The van der Waals surface area contributed by atoms with Gasteiger partial charge in [-0.05, 0) is 55.3 Å². The Kier molecular flexibility index (Phi) is 6.23. The van der Waals surface area contributed by atoms with Crippen LogP contribution < -0.4 is 15.8 Å². The smallest absolute Gasteiger partial charge is 0.213 e. The van der Waals surface area contributed by atoms with Crippen LogP contribution in [0, 0.1) is 0 Å². The second kappa shape index (κ2) is 9.22. The van der Waals surface area contributed by atoms with Crippen LogP contribution in [0.5, 0.6) is 5.75 Å². The fraction of sp³-hybridized carbons (Fsp3) is 0.333. The average Bonchev–Trinajstić information content (AvgIpc) is 3.40. The highest BCUT2D eigenvalue weighted by Gasteiger charge is 2.22. The topological polar surface area (TPSA) is 96.3 Å². The number of aromatic amines is 1. The standard InChI is InChI=1S/C24H29N5O2/c1-3-16-6-5-7-17(14-16)22(30)21-23(25)28-24(27-21)26-18-8-10-19(11-9-18)31-20-12-13-29(4-2)15-20/h5-11,14,20H,3-4,12-13,15,25H2,1-2H3,(H2,26,27,28). The van der Waals surface area contributed by atoms with E-state index in [2.05, 4.69) is 34.0 Å². The molecule has 1 aliphatic heterocycles. The van der Waals surface area contributed by atoms with Gasteiger partial charge in [0.15, 0.2) is 5.82 Å². The molecule has 2 heterocycles. The van der Waals surface area contributed by atoms with Gasteiger partial charge in [0.1, 0.15) is 17.5 Å². The van der Waals surface area contributed by atoms with Crippen molar-refractivity contribution in [2.45, 2.75) is 32.8 Å². The van der Waals surface area contributed by atoms with Crippen molar-refractivity contribution in [3.63, 3.8) is 0 Å². The van der Waals surface area contributed by atoms with Gasteiger partial charge in [-0.1, -0.05) is 32.0 Å². The normalized spacial score (nSPS) is 16.4. The van der Waals surface area contributed by atoms with Crippen LogP contribution in [0.1, 0.15) is 41.9 Å². The van der Waals surface area contributed by atoms with E-state index >= 15 is 0 Å². The van der Waals surface area contributed by atoms with E-state index in [1.807, 2.05) is 42.5 Å². The molecule has 0 radical (unpaired) electrons. The molecular formula is C24H29N5O2. The molecule has 1 saturated heterocycles. The lowest BCUT2D eigenvalue weighted by Gasteiger charge is -2.15. The Hall–Kier alpha value is -3.32. The van der Waals surface area contributed by atoms with Gasteiger partial charge in [0.2, 0.25) is 11.7 Å². The van der Waals surface area contributed by atoms with Crippen molar-refractivity contribution in [2.24, 2.45) is 0 Å². The lowest BCUT2D eigenvalue weighted by Crippen LogP contribution is -2.24. The van der Waals surface area contributed by atoms with Crippen LogP contribution in [0.15, 0.2) is 48.5 Å². The number of carbonyl (C=O) groups excluding carboxylic acids is 1. The van der Waals surface area contributed by atoms with Gasteiger partial charge in [-0.15, -0.1) is 0 Å². The van der Waals surface area contributed by atoms with Gasteiger partial charge in [0, 0.05) is 24.3 Å². The second-order valence-electron chi connectivity index (χ2n) is 7.80. The molecule has 0 aliphatic carbocycles. The van der Waals surface area contributed by atoms with Gasteiger partial charge >= 0.3 is 0 Å². The van der Waals surface area contributed by atoms with Gasteiger partial charge in [-0.25, -0.2) is 0 Å². The monoisotopic (exact) mass is 419 g/mol. The Labute approximate surface area is 182 Å². The van der Waals surface area contributed by atoms with Gasteiger partial charge in [-0.3, -0.25) is 9.69 Å². The molecule has 31 heavy (non-hydrogen) atoms. The summed E-state index contributed by atoms with van der Waals surface area (Å²) in [6.07, 6.45) is 2.16. The summed E-state index contributed by atoms with van der Waals surface area (Å²) in [6.45, 7) is 7.35. The van der Waals surface area contributed by atoms with E-state index < -0.39 is 0 Å². The number of hydrogen-bond donors (Lipinski definition) is 3. The first-order valence-corrected chi connectivity index (χ1v) is 10.8. The SMILES string of the molecule is CCc1cccc(C(=O)c2[nH]c(Nc3ccc(OC4CCN(CC)C4)cc3)nc2N)c1. The van der Waals surface area contributed by atoms with Crippen LogP contribution >= 0.6 is 0 Å². The second-order valence-corrected chi connectivity index (χ2v) is 7.80. The summed E-state index contributed by atoms with van der Waals surface area (Å²) in [6, 6.07) is 15.3. The number of carbonyl (C=O) groups is 1. The summed E-state index contributed by atoms with van der Waals surface area (Å²) in [7, 11) is 0. The molecule has 0 bridgehead atoms.